The maximum atomic E-state index is 13.7. The second-order valence-electron chi connectivity index (χ2n) is 8.72. The molecule has 1 aliphatic heterocycles. The zero-order valence-electron chi connectivity index (χ0n) is 21.2. The topological polar surface area (TPSA) is 168 Å². The Morgan fingerprint density at radius 2 is 1.83 bits per heavy atom. The van der Waals surface area contributed by atoms with E-state index in [1.54, 1.807) is 18.4 Å². The SMILES string of the molecule is CCOC(=O)[C@H](C)NP(=O)(N[C@@H](C)C(=O)OCC)OC[C@@H]1CC[C@](C)(c2ccc3c(N)ncnn23)O1. The number of hydrogen-bond acceptors (Lipinski definition) is 10. The van der Waals surface area contributed by atoms with Crippen LogP contribution in [0.5, 0.6) is 0 Å². The van der Waals surface area contributed by atoms with Crippen LogP contribution in [0.1, 0.15) is 53.2 Å². The highest BCUT2D eigenvalue weighted by atomic mass is 31.2. The lowest BCUT2D eigenvalue weighted by atomic mass is 9.98. The highest BCUT2D eigenvalue weighted by Gasteiger charge is 2.41. The number of nitrogens with one attached hydrogen (secondary N) is 2. The van der Waals surface area contributed by atoms with Gasteiger partial charge in [0, 0.05) is 0 Å². The van der Waals surface area contributed by atoms with Gasteiger partial charge in [-0.1, -0.05) is 0 Å². The number of ether oxygens (including phenoxy) is 3. The Morgan fingerprint density at radius 1 is 1.22 bits per heavy atom. The van der Waals surface area contributed by atoms with E-state index in [-0.39, 0.29) is 19.8 Å². The van der Waals surface area contributed by atoms with E-state index in [1.165, 1.54) is 20.2 Å². The first kappa shape index (κ1) is 28.0. The van der Waals surface area contributed by atoms with E-state index in [2.05, 4.69) is 20.3 Å². The first-order valence-corrected chi connectivity index (χ1v) is 13.5. The van der Waals surface area contributed by atoms with Crippen LogP contribution in [0.4, 0.5) is 5.82 Å². The number of anilines is 1. The Labute approximate surface area is 209 Å². The van der Waals surface area contributed by atoms with Crippen LogP contribution in [0.15, 0.2) is 18.5 Å². The van der Waals surface area contributed by atoms with Gasteiger partial charge in [-0.05, 0) is 59.6 Å². The summed E-state index contributed by atoms with van der Waals surface area (Å²) in [7, 11) is -3.91. The van der Waals surface area contributed by atoms with Crippen LogP contribution in [0.25, 0.3) is 5.52 Å². The summed E-state index contributed by atoms with van der Waals surface area (Å²) >= 11 is 0. The Hall–Kier alpha value is -2.57. The van der Waals surface area contributed by atoms with E-state index >= 15 is 0 Å². The van der Waals surface area contributed by atoms with Crippen molar-refractivity contribution in [2.45, 2.75) is 71.2 Å². The predicted molar refractivity (Wildman–Crippen MR) is 131 cm³/mol. The monoisotopic (exact) mass is 526 g/mol. The Kier molecular flexibility index (Phi) is 9.07. The third-order valence-electron chi connectivity index (χ3n) is 5.84. The van der Waals surface area contributed by atoms with Crippen LogP contribution in [0, 0.1) is 0 Å². The summed E-state index contributed by atoms with van der Waals surface area (Å²) in [5.41, 5.74) is 6.74. The van der Waals surface area contributed by atoms with Crippen molar-refractivity contribution in [1.29, 1.82) is 0 Å². The van der Waals surface area contributed by atoms with E-state index in [9.17, 15) is 14.2 Å². The molecule has 3 rings (SSSR count). The highest BCUT2D eigenvalue weighted by molar-refractivity contribution is 7.54. The largest absolute Gasteiger partial charge is 0.465 e. The molecule has 1 fully saturated rings. The number of nitrogens with two attached hydrogens (primary N) is 1. The van der Waals surface area contributed by atoms with Gasteiger partial charge in [0.25, 0.3) is 0 Å². The third kappa shape index (κ3) is 6.40. The summed E-state index contributed by atoms with van der Waals surface area (Å²) in [5, 5.41) is 9.61. The smallest absolute Gasteiger partial charge is 0.342 e. The summed E-state index contributed by atoms with van der Waals surface area (Å²) in [5.74, 6) is -0.835. The fourth-order valence-electron chi connectivity index (χ4n) is 4.03. The quantitative estimate of drug-likeness (QED) is 0.272. The Morgan fingerprint density at radius 3 is 2.42 bits per heavy atom. The summed E-state index contributed by atoms with van der Waals surface area (Å²) < 4.78 is 37.4. The van der Waals surface area contributed by atoms with E-state index in [0.717, 1.165) is 5.69 Å². The molecular formula is C22H35N6O7P. The molecule has 1 aliphatic rings. The van der Waals surface area contributed by atoms with Crippen molar-refractivity contribution >= 4 is 30.9 Å². The zero-order valence-corrected chi connectivity index (χ0v) is 22.1. The van der Waals surface area contributed by atoms with Gasteiger partial charge in [-0.2, -0.15) is 5.10 Å². The molecule has 3 heterocycles. The molecule has 0 radical (unpaired) electrons. The van der Waals surface area contributed by atoms with Gasteiger partial charge in [-0.3, -0.25) is 14.2 Å². The number of aromatic nitrogens is 3. The van der Waals surface area contributed by atoms with Crippen molar-refractivity contribution in [3.8, 4) is 0 Å². The fraction of sp³-hybridized carbons (Fsp3) is 0.636. The van der Waals surface area contributed by atoms with Gasteiger partial charge in [0.2, 0.25) is 0 Å². The van der Waals surface area contributed by atoms with Gasteiger partial charge >= 0.3 is 19.6 Å². The van der Waals surface area contributed by atoms with Crippen LogP contribution in [-0.2, 0) is 38.5 Å². The molecule has 14 heteroatoms. The first-order chi connectivity index (χ1) is 17.0. The second-order valence-corrected chi connectivity index (χ2v) is 10.6. The summed E-state index contributed by atoms with van der Waals surface area (Å²) in [4.78, 5) is 28.3. The lowest BCUT2D eigenvalue weighted by Crippen LogP contribution is -2.42. The molecule has 0 spiro atoms. The fourth-order valence-corrected chi connectivity index (χ4v) is 5.86. The molecule has 2 aromatic rings. The van der Waals surface area contributed by atoms with Crippen molar-refractivity contribution in [2.75, 3.05) is 25.6 Å². The van der Waals surface area contributed by atoms with Gasteiger partial charge < -0.3 is 24.5 Å². The molecule has 0 saturated carbocycles. The van der Waals surface area contributed by atoms with E-state index < -0.39 is 43.4 Å². The number of carbonyl (C=O) groups is 2. The number of hydrogen-bond donors (Lipinski definition) is 3. The minimum atomic E-state index is -3.91. The number of carbonyl (C=O) groups excluding carboxylic acids is 2. The molecule has 36 heavy (non-hydrogen) atoms. The van der Waals surface area contributed by atoms with Gasteiger partial charge in [0.05, 0.1) is 31.6 Å². The number of nitrogen functional groups attached to an aromatic ring is 1. The maximum Gasteiger partial charge on any atom is 0.342 e. The lowest BCUT2D eigenvalue weighted by molar-refractivity contribution is -0.145. The summed E-state index contributed by atoms with van der Waals surface area (Å²) in [6.45, 7) is 8.56. The van der Waals surface area contributed by atoms with Crippen LogP contribution in [-0.4, -0.2) is 64.5 Å². The van der Waals surface area contributed by atoms with Crippen LogP contribution in [0.2, 0.25) is 0 Å². The van der Waals surface area contributed by atoms with Crippen LogP contribution >= 0.6 is 7.67 Å². The van der Waals surface area contributed by atoms with Gasteiger partial charge in [-0.15, -0.1) is 0 Å². The minimum Gasteiger partial charge on any atom is -0.465 e. The van der Waals surface area contributed by atoms with Crippen molar-refractivity contribution in [1.82, 2.24) is 24.8 Å². The van der Waals surface area contributed by atoms with Gasteiger partial charge in [0.1, 0.15) is 29.5 Å². The molecular weight excluding hydrogens is 491 g/mol. The molecule has 0 bridgehead atoms. The molecule has 0 aliphatic carbocycles. The molecule has 13 nitrogen and oxygen atoms in total. The number of fused-ring (bicyclic) bond motifs is 1. The predicted octanol–water partition coefficient (Wildman–Crippen LogP) is 1.91. The molecule has 4 atom stereocenters. The minimum absolute atomic E-state index is 0.0572. The van der Waals surface area contributed by atoms with E-state index in [0.29, 0.717) is 24.2 Å². The van der Waals surface area contributed by atoms with Crippen molar-refractivity contribution in [3.63, 3.8) is 0 Å². The molecule has 1 saturated heterocycles. The Balaban J connectivity index is 1.71. The molecule has 0 unspecified atom stereocenters. The molecule has 4 N–H and O–H groups in total. The average molecular weight is 527 g/mol. The third-order valence-corrected chi connectivity index (χ3v) is 7.81. The number of esters is 2. The lowest BCUT2D eigenvalue weighted by Gasteiger charge is -2.28. The van der Waals surface area contributed by atoms with Gasteiger partial charge in [-0.25, -0.2) is 19.7 Å². The van der Waals surface area contributed by atoms with Crippen molar-refractivity contribution in [3.05, 3.63) is 24.2 Å². The zero-order chi connectivity index (χ0) is 26.5. The molecule has 0 aromatic carbocycles. The Bertz CT molecular complexity index is 1100. The van der Waals surface area contributed by atoms with Crippen molar-refractivity contribution < 1.29 is 32.9 Å². The van der Waals surface area contributed by atoms with E-state index in [1.807, 2.05) is 19.1 Å². The summed E-state index contributed by atoms with van der Waals surface area (Å²) in [6.07, 6.45) is 2.24. The highest BCUT2D eigenvalue weighted by Crippen LogP contribution is 2.43. The van der Waals surface area contributed by atoms with E-state index in [4.69, 9.17) is 24.5 Å². The standard InChI is InChI=1S/C22H35N6O7P/c1-6-32-20(29)14(3)26-36(31,27-15(4)21(30)33-7-2)34-12-16-10-11-22(5,35-16)18-9-8-17-19(23)24-13-25-28(17)18/h8-9,13-16H,6-7,10-12H2,1-5H3,(H2,23,24,25)(H2,26,27,31)/t14-,15-,16-,22+/m0/s1. The maximum absolute atomic E-state index is 13.7. The number of nitrogens with zero attached hydrogens (tertiary/aromatic N) is 3. The average Bonchev–Trinajstić information content (AvgIpc) is 3.43. The van der Waals surface area contributed by atoms with Crippen LogP contribution in [0.3, 0.4) is 0 Å². The molecule has 0 amide bonds. The first-order valence-electron chi connectivity index (χ1n) is 11.9. The second kappa shape index (κ2) is 11.7. The van der Waals surface area contributed by atoms with Crippen LogP contribution < -0.4 is 15.9 Å². The van der Waals surface area contributed by atoms with Crippen molar-refractivity contribution in [2.24, 2.45) is 0 Å². The normalized spacial score (nSPS) is 21.9. The molecule has 200 valence electrons. The van der Waals surface area contributed by atoms with Gasteiger partial charge in [0.15, 0.2) is 5.82 Å². The molecule has 2 aromatic heterocycles. The number of rotatable bonds is 12. The summed E-state index contributed by atoms with van der Waals surface area (Å²) in [6, 6.07) is 1.81.